The van der Waals surface area contributed by atoms with Gasteiger partial charge in [0.25, 0.3) is 5.56 Å². The summed E-state index contributed by atoms with van der Waals surface area (Å²) in [6.07, 6.45) is 2.57. The number of aromatic amines is 1. The Bertz CT molecular complexity index is 1240. The maximum absolute atomic E-state index is 13.2. The summed E-state index contributed by atoms with van der Waals surface area (Å²) >= 11 is 0. The summed E-state index contributed by atoms with van der Waals surface area (Å²) in [5, 5.41) is 7.60. The Kier molecular flexibility index (Phi) is 13.6. The predicted octanol–water partition coefficient (Wildman–Crippen LogP) is -0.677. The van der Waals surface area contributed by atoms with Gasteiger partial charge in [-0.3, -0.25) is 37.8 Å². The largest absolute Gasteiger partial charge is 0.437 e. The zero-order valence-electron chi connectivity index (χ0n) is 22.5. The zero-order chi connectivity index (χ0) is 29.5. The van der Waals surface area contributed by atoms with E-state index in [1.807, 2.05) is 0 Å². The van der Waals surface area contributed by atoms with Crippen molar-refractivity contribution in [1.82, 2.24) is 35.2 Å². The van der Waals surface area contributed by atoms with E-state index in [-0.39, 0.29) is 56.1 Å². The van der Waals surface area contributed by atoms with Gasteiger partial charge in [-0.05, 0) is 19.3 Å². The second-order valence-electron chi connectivity index (χ2n) is 8.21. The molecule has 18 nitrogen and oxygen atoms in total. The fraction of sp³-hybridized carbons (Fsp3) is 0.619. The van der Waals surface area contributed by atoms with Crippen LogP contribution in [0.25, 0.3) is 11.2 Å². The summed E-state index contributed by atoms with van der Waals surface area (Å²) < 4.78 is 40.7. The second-order valence-corrected chi connectivity index (χ2v) is 10.0. The van der Waals surface area contributed by atoms with Crippen LogP contribution >= 0.6 is 7.75 Å². The number of rotatable bonds is 19. The first kappa shape index (κ1) is 32.8. The van der Waals surface area contributed by atoms with Gasteiger partial charge in [0, 0.05) is 27.5 Å². The molecule has 2 atom stereocenters. The lowest BCUT2D eigenvalue weighted by Crippen LogP contribution is -2.34. The Labute approximate surface area is 229 Å². The highest BCUT2D eigenvalue weighted by molar-refractivity contribution is 7.51. The number of anilines is 1. The molecule has 0 aliphatic rings. The number of nitrogens with one attached hydrogen (secondary N) is 4. The molecule has 0 bridgehead atoms. The van der Waals surface area contributed by atoms with Crippen LogP contribution in [0.1, 0.15) is 33.1 Å². The highest BCUT2D eigenvalue weighted by Gasteiger charge is 2.25. The normalized spacial score (nSPS) is 13.5. The first-order valence-corrected chi connectivity index (χ1v) is 13.7. The SMILES string of the molecule is CO[C@H](CCCCNP(=O)(OCCOCn1cnc2c(=O)[nH]c(N)nc21)OCOC(=O)CNC(C)=O)NC(C)=O. The minimum Gasteiger partial charge on any atom is -0.437 e. The molecule has 0 spiro atoms. The lowest BCUT2D eigenvalue weighted by atomic mass is 10.2. The molecule has 2 rings (SSSR count). The molecule has 2 aromatic rings. The smallest absolute Gasteiger partial charge is 0.408 e. The number of aromatic nitrogens is 4. The van der Waals surface area contributed by atoms with Crippen molar-refractivity contribution < 1.29 is 42.2 Å². The Morgan fingerprint density at radius 3 is 2.65 bits per heavy atom. The van der Waals surface area contributed by atoms with E-state index in [2.05, 4.69) is 30.7 Å². The van der Waals surface area contributed by atoms with Crippen molar-refractivity contribution in [3.63, 3.8) is 0 Å². The molecule has 0 aromatic carbocycles. The quantitative estimate of drug-likeness (QED) is 0.0590. The predicted molar refractivity (Wildman–Crippen MR) is 139 cm³/mol. The van der Waals surface area contributed by atoms with Crippen LogP contribution in [0.3, 0.4) is 0 Å². The van der Waals surface area contributed by atoms with Gasteiger partial charge in [-0.1, -0.05) is 0 Å². The Morgan fingerprint density at radius 2 is 1.95 bits per heavy atom. The van der Waals surface area contributed by atoms with Gasteiger partial charge in [0.2, 0.25) is 24.6 Å². The number of hydrogen-bond acceptors (Lipinski definition) is 13. The van der Waals surface area contributed by atoms with Crippen molar-refractivity contribution in [2.24, 2.45) is 0 Å². The van der Waals surface area contributed by atoms with E-state index in [0.717, 1.165) is 0 Å². The van der Waals surface area contributed by atoms with Crippen LogP contribution in [-0.2, 0) is 48.9 Å². The van der Waals surface area contributed by atoms with Crippen LogP contribution in [0.4, 0.5) is 5.95 Å². The number of nitrogens with two attached hydrogens (primary N) is 1. The van der Waals surface area contributed by atoms with Crippen LogP contribution in [0.5, 0.6) is 0 Å². The van der Waals surface area contributed by atoms with E-state index in [0.29, 0.717) is 19.3 Å². The molecule has 2 aromatic heterocycles. The highest BCUT2D eigenvalue weighted by Crippen LogP contribution is 2.43. The molecule has 6 N–H and O–H groups in total. The molecule has 224 valence electrons. The maximum atomic E-state index is 13.2. The van der Waals surface area contributed by atoms with E-state index in [4.69, 9.17) is 29.0 Å². The molecule has 0 fully saturated rings. The number of ether oxygens (including phenoxy) is 3. The molecule has 0 aliphatic carbocycles. The number of carbonyl (C=O) groups is 3. The molecule has 1 unspecified atom stereocenters. The standard InChI is InChI=1S/C21H35N8O10P/c1-14(30)23-10-17(32)37-13-39-40(34,25-7-5-4-6-16(35-3)26-15(2)31)38-9-8-36-12-29-11-24-18-19(29)27-21(22)28-20(18)33/h11,16H,4-10,12-13H2,1-3H3,(H,23,30)(H,25,34)(H,26,31)(H3,22,27,28,33)/t16-,40?/m1/s1. The van der Waals surface area contributed by atoms with Gasteiger partial charge in [0.1, 0.15) is 19.5 Å². The number of methoxy groups -OCH3 is 1. The lowest BCUT2D eigenvalue weighted by Gasteiger charge is -2.20. The first-order valence-electron chi connectivity index (χ1n) is 12.2. The fourth-order valence-corrected chi connectivity index (χ4v) is 4.32. The molecular formula is C21H35N8O10P. The van der Waals surface area contributed by atoms with E-state index >= 15 is 0 Å². The van der Waals surface area contributed by atoms with Gasteiger partial charge in [-0.15, -0.1) is 0 Å². The number of hydrogen-bond donors (Lipinski definition) is 5. The van der Waals surface area contributed by atoms with Crippen molar-refractivity contribution in [2.75, 3.05) is 45.9 Å². The molecular weight excluding hydrogens is 555 g/mol. The van der Waals surface area contributed by atoms with Crippen LogP contribution in [-0.4, -0.2) is 83.7 Å². The average molecular weight is 591 g/mol. The highest BCUT2D eigenvalue weighted by atomic mass is 31.2. The second kappa shape index (κ2) is 16.6. The van der Waals surface area contributed by atoms with Crippen LogP contribution in [0, 0.1) is 0 Å². The molecule has 0 radical (unpaired) electrons. The zero-order valence-corrected chi connectivity index (χ0v) is 23.4. The number of unbranched alkanes of at least 4 members (excludes halogenated alkanes) is 1. The summed E-state index contributed by atoms with van der Waals surface area (Å²) in [6.45, 7) is 1.49. The number of fused-ring (bicyclic) bond motifs is 1. The molecule has 2 amide bonds. The summed E-state index contributed by atoms with van der Waals surface area (Å²) in [6, 6.07) is 0. The van der Waals surface area contributed by atoms with Crippen LogP contribution in [0.15, 0.2) is 11.1 Å². The van der Waals surface area contributed by atoms with Gasteiger partial charge in [0.05, 0.1) is 19.5 Å². The first-order chi connectivity index (χ1) is 19.0. The number of nitrogens with zero attached hydrogens (tertiary/aromatic N) is 3. The molecule has 0 saturated carbocycles. The molecule has 0 aliphatic heterocycles. The third kappa shape index (κ3) is 11.8. The minimum atomic E-state index is -3.95. The summed E-state index contributed by atoms with van der Waals surface area (Å²) in [5.41, 5.74) is 5.41. The Morgan fingerprint density at radius 1 is 1.18 bits per heavy atom. The van der Waals surface area contributed by atoms with E-state index in [9.17, 15) is 23.7 Å². The molecule has 40 heavy (non-hydrogen) atoms. The number of amides is 2. The number of carbonyl (C=O) groups excluding carboxylic acids is 3. The van der Waals surface area contributed by atoms with Gasteiger partial charge < -0.3 is 30.6 Å². The Hall–Kier alpha value is -3.41. The monoisotopic (exact) mass is 590 g/mol. The summed E-state index contributed by atoms with van der Waals surface area (Å²) in [5.74, 6) is -1.51. The lowest BCUT2D eigenvalue weighted by molar-refractivity contribution is -0.150. The van der Waals surface area contributed by atoms with E-state index in [1.54, 1.807) is 0 Å². The number of esters is 1. The van der Waals surface area contributed by atoms with Crippen molar-refractivity contribution >= 4 is 42.6 Å². The number of imidazole rings is 1. The Balaban J connectivity index is 1.84. The molecule has 19 heteroatoms. The van der Waals surface area contributed by atoms with Gasteiger partial charge >= 0.3 is 13.7 Å². The van der Waals surface area contributed by atoms with Gasteiger partial charge in [-0.2, -0.15) is 4.98 Å². The van der Waals surface area contributed by atoms with E-state index < -0.39 is 38.2 Å². The molecule has 2 heterocycles. The van der Waals surface area contributed by atoms with E-state index in [1.165, 1.54) is 31.9 Å². The minimum absolute atomic E-state index is 0.0398. The number of nitrogen functional groups attached to an aromatic ring is 1. The topological polar surface area (TPSA) is 240 Å². The van der Waals surface area contributed by atoms with Crippen molar-refractivity contribution in [1.29, 1.82) is 0 Å². The third-order valence-corrected chi connectivity index (χ3v) is 6.56. The average Bonchev–Trinajstić information content (AvgIpc) is 3.29. The molecule has 0 saturated heterocycles. The summed E-state index contributed by atoms with van der Waals surface area (Å²) in [7, 11) is -2.47. The summed E-state index contributed by atoms with van der Waals surface area (Å²) in [4.78, 5) is 56.0. The third-order valence-electron chi connectivity index (χ3n) is 4.98. The van der Waals surface area contributed by atoms with Gasteiger partial charge in [-0.25, -0.2) is 14.6 Å². The maximum Gasteiger partial charge on any atom is 0.408 e. The van der Waals surface area contributed by atoms with Crippen molar-refractivity contribution in [3.8, 4) is 0 Å². The van der Waals surface area contributed by atoms with Crippen LogP contribution < -0.4 is 27.0 Å². The number of H-pyrrole nitrogens is 1. The van der Waals surface area contributed by atoms with Crippen molar-refractivity contribution in [2.45, 2.75) is 46.1 Å². The van der Waals surface area contributed by atoms with Crippen molar-refractivity contribution in [3.05, 3.63) is 16.7 Å². The van der Waals surface area contributed by atoms with Gasteiger partial charge in [0.15, 0.2) is 11.2 Å². The fourth-order valence-electron chi connectivity index (χ4n) is 3.13. The van der Waals surface area contributed by atoms with Crippen LogP contribution in [0.2, 0.25) is 0 Å².